The Kier molecular flexibility index (Phi) is 8.56. The van der Waals surface area contributed by atoms with Crippen LogP contribution in [0.5, 0.6) is 0 Å². The van der Waals surface area contributed by atoms with Gasteiger partial charge in [-0.05, 0) is 40.2 Å². The van der Waals surface area contributed by atoms with Crippen molar-refractivity contribution in [3.8, 4) is 10.6 Å². The second kappa shape index (κ2) is 11.5. The van der Waals surface area contributed by atoms with Crippen molar-refractivity contribution in [3.63, 3.8) is 0 Å². The van der Waals surface area contributed by atoms with Gasteiger partial charge in [-0.25, -0.2) is 9.97 Å². The van der Waals surface area contributed by atoms with Gasteiger partial charge in [0.15, 0.2) is 0 Å². The summed E-state index contributed by atoms with van der Waals surface area (Å²) in [6.45, 7) is 9.08. The third-order valence-corrected chi connectivity index (χ3v) is 7.71. The molecule has 3 aromatic rings. The molecule has 202 valence electrons. The number of nitrogens with one attached hydrogen (secondary N) is 2. The van der Waals surface area contributed by atoms with Crippen LogP contribution in [0.15, 0.2) is 12.3 Å². The second-order valence-corrected chi connectivity index (χ2v) is 10.9. The highest BCUT2D eigenvalue weighted by atomic mass is 32.1. The molecule has 0 spiro atoms. The zero-order valence-electron chi connectivity index (χ0n) is 21.9. The molecule has 0 amide bonds. The predicted molar refractivity (Wildman–Crippen MR) is 143 cm³/mol. The molecule has 11 nitrogen and oxygen atoms in total. The van der Waals surface area contributed by atoms with E-state index in [9.17, 15) is 15.3 Å². The summed E-state index contributed by atoms with van der Waals surface area (Å²) < 4.78 is 11.5. The molecule has 1 aliphatic rings. The van der Waals surface area contributed by atoms with E-state index < -0.39 is 29.8 Å². The average molecular weight is 533 g/mol. The minimum atomic E-state index is -1.14. The monoisotopic (exact) mass is 532 g/mol. The molecule has 1 aliphatic carbocycles. The summed E-state index contributed by atoms with van der Waals surface area (Å²) >= 11 is 1.52. The van der Waals surface area contributed by atoms with Gasteiger partial charge >= 0.3 is 0 Å². The first-order chi connectivity index (χ1) is 17.6. The van der Waals surface area contributed by atoms with E-state index in [1.807, 2.05) is 19.9 Å². The topological polar surface area (TPSA) is 155 Å². The van der Waals surface area contributed by atoms with Crippen LogP contribution >= 0.6 is 11.3 Å². The summed E-state index contributed by atoms with van der Waals surface area (Å²) in [7, 11) is 1.63. The van der Waals surface area contributed by atoms with Gasteiger partial charge in [-0.2, -0.15) is 4.98 Å². The van der Waals surface area contributed by atoms with Crippen LogP contribution in [0.4, 0.5) is 11.8 Å². The van der Waals surface area contributed by atoms with Crippen LogP contribution in [0.25, 0.3) is 20.8 Å². The molecule has 0 bridgehead atoms. The highest BCUT2D eigenvalue weighted by molar-refractivity contribution is 7.21. The highest BCUT2D eigenvalue weighted by Gasteiger charge is 2.48. The van der Waals surface area contributed by atoms with Crippen molar-refractivity contribution >= 4 is 33.3 Å². The fourth-order valence-corrected chi connectivity index (χ4v) is 5.75. The van der Waals surface area contributed by atoms with E-state index in [0.717, 1.165) is 26.5 Å². The van der Waals surface area contributed by atoms with Crippen LogP contribution < -0.4 is 10.6 Å². The molecular weight excluding hydrogens is 496 g/mol. The van der Waals surface area contributed by atoms with Gasteiger partial charge in [-0.15, -0.1) is 11.3 Å². The Morgan fingerprint density at radius 2 is 1.86 bits per heavy atom. The van der Waals surface area contributed by atoms with E-state index >= 15 is 0 Å². The van der Waals surface area contributed by atoms with E-state index in [0.29, 0.717) is 50.2 Å². The summed E-state index contributed by atoms with van der Waals surface area (Å²) in [6, 6.07) is 1.40. The quantitative estimate of drug-likeness (QED) is 0.231. The highest BCUT2D eigenvalue weighted by Crippen LogP contribution is 2.40. The summed E-state index contributed by atoms with van der Waals surface area (Å²) in [6.07, 6.45) is -0.0154. The predicted octanol–water partition coefficient (Wildman–Crippen LogP) is 2.13. The number of fused-ring (bicyclic) bond motifs is 1. The summed E-state index contributed by atoms with van der Waals surface area (Å²) in [4.78, 5) is 18.6. The van der Waals surface area contributed by atoms with Gasteiger partial charge in [0.25, 0.3) is 0 Å². The standard InChI is InChI=1S/C25H36N6O5S/c1-13-18(23-30-19-14(2)26-7-6-17(19)37-23)22(31-24(28-13)27-8-9-36-11-10-35-5)29-16-12-15(25(3,4)34)20(32)21(16)33/h6-7,15-16,20-21,32-34H,8-12H2,1-5H3,(H2,27,28,29,31)/t15-,16+,20+,21-/m0/s1. The number of rotatable bonds is 11. The number of thiazole rings is 1. The molecule has 1 fully saturated rings. The number of methoxy groups -OCH3 is 1. The molecule has 4 atom stereocenters. The molecule has 0 saturated heterocycles. The summed E-state index contributed by atoms with van der Waals surface area (Å²) in [5, 5.41) is 39.2. The SMILES string of the molecule is COCCOCCNc1nc(C)c(-c2nc3c(C)nccc3s2)c(N[C@@H]2C[C@H](C(C)(C)O)[C@@H](O)[C@H]2O)n1. The minimum absolute atomic E-state index is 0.368. The van der Waals surface area contributed by atoms with Crippen molar-refractivity contribution in [1.29, 1.82) is 0 Å². The number of hydrogen-bond donors (Lipinski definition) is 5. The molecule has 0 aromatic carbocycles. The summed E-state index contributed by atoms with van der Waals surface area (Å²) in [5.41, 5.74) is 1.94. The number of aliphatic hydroxyl groups excluding tert-OH is 2. The molecule has 4 rings (SSSR count). The number of ether oxygens (including phenoxy) is 2. The number of aliphatic hydroxyl groups is 3. The average Bonchev–Trinajstić information content (AvgIpc) is 3.38. The molecule has 0 aliphatic heterocycles. The molecule has 5 N–H and O–H groups in total. The number of aromatic nitrogens is 4. The van der Waals surface area contributed by atoms with Gasteiger partial charge in [-0.3, -0.25) is 4.98 Å². The van der Waals surface area contributed by atoms with E-state index in [-0.39, 0.29) is 0 Å². The van der Waals surface area contributed by atoms with Crippen molar-refractivity contribution in [1.82, 2.24) is 19.9 Å². The molecule has 0 unspecified atom stereocenters. The van der Waals surface area contributed by atoms with Gasteiger partial charge in [0.1, 0.15) is 22.4 Å². The maximum atomic E-state index is 10.8. The molecule has 0 radical (unpaired) electrons. The first-order valence-electron chi connectivity index (χ1n) is 12.4. The minimum Gasteiger partial charge on any atom is -0.390 e. The second-order valence-electron chi connectivity index (χ2n) is 9.88. The third-order valence-electron chi connectivity index (χ3n) is 6.67. The Balaban J connectivity index is 1.65. The molecule has 3 heterocycles. The molecular formula is C25H36N6O5S. The van der Waals surface area contributed by atoms with Crippen molar-refractivity contribution in [2.45, 2.75) is 58.0 Å². The van der Waals surface area contributed by atoms with Gasteiger partial charge in [0.05, 0.1) is 59.2 Å². The molecule has 3 aromatic heterocycles. The van der Waals surface area contributed by atoms with Gasteiger partial charge in [0, 0.05) is 25.8 Å². The number of anilines is 2. The fourth-order valence-electron chi connectivity index (χ4n) is 4.64. The lowest BCUT2D eigenvalue weighted by Gasteiger charge is -2.28. The van der Waals surface area contributed by atoms with Crippen LogP contribution in [0.2, 0.25) is 0 Å². The van der Waals surface area contributed by atoms with Crippen molar-refractivity contribution in [2.24, 2.45) is 5.92 Å². The Hall–Kier alpha value is -2.48. The first-order valence-corrected chi connectivity index (χ1v) is 13.2. The van der Waals surface area contributed by atoms with E-state index in [1.165, 1.54) is 11.3 Å². The Morgan fingerprint density at radius 3 is 2.54 bits per heavy atom. The van der Waals surface area contributed by atoms with Crippen LogP contribution in [0, 0.1) is 19.8 Å². The van der Waals surface area contributed by atoms with Crippen LogP contribution in [-0.4, -0.2) is 92.6 Å². The van der Waals surface area contributed by atoms with Crippen molar-refractivity contribution in [2.75, 3.05) is 44.1 Å². The van der Waals surface area contributed by atoms with Crippen molar-refractivity contribution in [3.05, 3.63) is 23.7 Å². The number of nitrogens with zero attached hydrogens (tertiary/aromatic N) is 4. The van der Waals surface area contributed by atoms with Crippen LogP contribution in [-0.2, 0) is 9.47 Å². The zero-order valence-corrected chi connectivity index (χ0v) is 22.7. The maximum Gasteiger partial charge on any atom is 0.224 e. The molecule has 12 heteroatoms. The number of hydrogen-bond acceptors (Lipinski definition) is 12. The van der Waals surface area contributed by atoms with Gasteiger partial charge < -0.3 is 35.4 Å². The Morgan fingerprint density at radius 1 is 1.08 bits per heavy atom. The van der Waals surface area contributed by atoms with E-state index in [2.05, 4.69) is 20.6 Å². The third kappa shape index (κ3) is 6.16. The fraction of sp³-hybridized carbons (Fsp3) is 0.600. The number of pyridine rings is 1. The summed E-state index contributed by atoms with van der Waals surface area (Å²) in [5.74, 6) is 0.405. The van der Waals surface area contributed by atoms with Crippen LogP contribution in [0.3, 0.4) is 0 Å². The lowest BCUT2D eigenvalue weighted by Crippen LogP contribution is -2.40. The Labute approximate surface area is 220 Å². The zero-order chi connectivity index (χ0) is 26.7. The lowest BCUT2D eigenvalue weighted by molar-refractivity contribution is -0.0601. The van der Waals surface area contributed by atoms with Crippen LogP contribution in [0.1, 0.15) is 31.7 Å². The first kappa shape index (κ1) is 27.6. The smallest absolute Gasteiger partial charge is 0.224 e. The number of aryl methyl sites for hydroxylation is 2. The lowest BCUT2D eigenvalue weighted by atomic mass is 9.88. The van der Waals surface area contributed by atoms with E-state index in [4.69, 9.17) is 19.4 Å². The normalized spacial score (nSPS) is 22.1. The molecule has 37 heavy (non-hydrogen) atoms. The van der Waals surface area contributed by atoms with E-state index in [1.54, 1.807) is 27.2 Å². The Bertz CT molecular complexity index is 1220. The maximum absolute atomic E-state index is 10.8. The van der Waals surface area contributed by atoms with Gasteiger partial charge in [-0.1, -0.05) is 0 Å². The van der Waals surface area contributed by atoms with Crippen molar-refractivity contribution < 1.29 is 24.8 Å². The largest absolute Gasteiger partial charge is 0.390 e. The molecule has 1 saturated carbocycles. The van der Waals surface area contributed by atoms with Gasteiger partial charge in [0.2, 0.25) is 5.95 Å².